The summed E-state index contributed by atoms with van der Waals surface area (Å²) >= 11 is 0. The maximum Gasteiger partial charge on any atom is 0.332 e. The number of aromatic nitrogens is 4. The maximum atomic E-state index is 12.8. The van der Waals surface area contributed by atoms with Crippen LogP contribution in [0.25, 0.3) is 11.2 Å². The number of likely N-dealkylation sites (tertiary alicyclic amines) is 1. The van der Waals surface area contributed by atoms with E-state index in [1.165, 1.54) is 10.9 Å². The van der Waals surface area contributed by atoms with Crippen LogP contribution in [0.1, 0.15) is 24.4 Å². The minimum absolute atomic E-state index is 0.00599. The predicted molar refractivity (Wildman–Crippen MR) is 120 cm³/mol. The van der Waals surface area contributed by atoms with Crippen LogP contribution in [-0.2, 0) is 25.4 Å². The van der Waals surface area contributed by atoms with Crippen LogP contribution in [0, 0.1) is 0 Å². The summed E-state index contributed by atoms with van der Waals surface area (Å²) in [6.07, 6.45) is 3.72. The number of methoxy groups -OCH3 is 1. The summed E-state index contributed by atoms with van der Waals surface area (Å²) in [6.45, 7) is 1.96. The molecule has 1 N–H and O–H groups in total. The molecule has 10 nitrogen and oxygen atoms in total. The van der Waals surface area contributed by atoms with Crippen molar-refractivity contribution in [3.05, 3.63) is 57.0 Å². The van der Waals surface area contributed by atoms with Gasteiger partial charge in [-0.3, -0.25) is 19.1 Å². The highest BCUT2D eigenvalue weighted by Gasteiger charge is 2.24. The molecule has 0 radical (unpaired) electrons. The van der Waals surface area contributed by atoms with Crippen LogP contribution in [0.5, 0.6) is 5.75 Å². The molecule has 170 valence electrons. The van der Waals surface area contributed by atoms with Gasteiger partial charge in [0.1, 0.15) is 12.3 Å². The fourth-order valence-electron chi connectivity index (χ4n) is 4.28. The van der Waals surface area contributed by atoms with Gasteiger partial charge in [-0.15, -0.1) is 0 Å². The van der Waals surface area contributed by atoms with Crippen LogP contribution in [0.2, 0.25) is 0 Å². The molecule has 1 amide bonds. The second-order valence-electron chi connectivity index (χ2n) is 8.10. The van der Waals surface area contributed by atoms with Crippen molar-refractivity contribution >= 4 is 17.1 Å². The zero-order chi connectivity index (χ0) is 22.8. The molecule has 2 aromatic heterocycles. The number of nitrogens with zero attached hydrogens (tertiary/aromatic N) is 5. The summed E-state index contributed by atoms with van der Waals surface area (Å²) in [6, 6.07) is 7.83. The van der Waals surface area contributed by atoms with Gasteiger partial charge in [0, 0.05) is 20.6 Å². The Labute approximate surface area is 185 Å². The van der Waals surface area contributed by atoms with E-state index in [4.69, 9.17) is 4.74 Å². The average molecular weight is 441 g/mol. The summed E-state index contributed by atoms with van der Waals surface area (Å²) < 4.78 is 9.05. The molecule has 1 aliphatic rings. The molecular formula is C22H28N6O4. The van der Waals surface area contributed by atoms with Crippen LogP contribution in [0.4, 0.5) is 0 Å². The standard InChI is InChI=1S/C22H28N6O4/c1-25-14-24-20-19(25)21(30)28(22(31)26(20)2)13-18(29)23-12-17(27-10-4-5-11-27)15-6-8-16(32-3)9-7-15/h6-9,14,17H,4-5,10-13H2,1-3H3,(H,23,29)/t17-/m0/s1. The van der Waals surface area contributed by atoms with Crippen molar-refractivity contribution in [2.75, 3.05) is 26.7 Å². The van der Waals surface area contributed by atoms with Gasteiger partial charge >= 0.3 is 5.69 Å². The number of imidazole rings is 1. The van der Waals surface area contributed by atoms with E-state index in [0.29, 0.717) is 12.2 Å². The maximum absolute atomic E-state index is 12.8. The molecule has 1 saturated heterocycles. The molecule has 1 atom stereocenters. The van der Waals surface area contributed by atoms with Crippen LogP contribution in [0.3, 0.4) is 0 Å². The second kappa shape index (κ2) is 8.99. The molecule has 3 aromatic rings. The molecule has 1 aromatic carbocycles. The smallest absolute Gasteiger partial charge is 0.332 e. The van der Waals surface area contributed by atoms with E-state index < -0.39 is 11.2 Å². The lowest BCUT2D eigenvalue weighted by molar-refractivity contribution is -0.122. The number of aryl methyl sites for hydroxylation is 2. The zero-order valence-electron chi connectivity index (χ0n) is 18.6. The summed E-state index contributed by atoms with van der Waals surface area (Å²) in [7, 11) is 4.85. The monoisotopic (exact) mass is 440 g/mol. The Bertz CT molecular complexity index is 1230. The van der Waals surface area contributed by atoms with E-state index >= 15 is 0 Å². The lowest BCUT2D eigenvalue weighted by Gasteiger charge is -2.28. The number of hydrogen-bond donors (Lipinski definition) is 1. The Morgan fingerprint density at radius 1 is 1.16 bits per heavy atom. The SMILES string of the molecule is COc1ccc([C@H](CNC(=O)Cn2c(=O)c3c(ncn3C)n(C)c2=O)N2CCCC2)cc1. The fraction of sp³-hybridized carbons (Fsp3) is 0.455. The van der Waals surface area contributed by atoms with Gasteiger partial charge in [-0.1, -0.05) is 12.1 Å². The number of ether oxygens (including phenoxy) is 1. The van der Waals surface area contributed by atoms with Crippen molar-refractivity contribution < 1.29 is 9.53 Å². The van der Waals surface area contributed by atoms with E-state index in [0.717, 1.165) is 41.8 Å². The molecule has 0 spiro atoms. The zero-order valence-corrected chi connectivity index (χ0v) is 18.6. The van der Waals surface area contributed by atoms with E-state index in [9.17, 15) is 14.4 Å². The molecule has 1 fully saturated rings. The van der Waals surface area contributed by atoms with Crippen molar-refractivity contribution in [2.24, 2.45) is 14.1 Å². The molecule has 10 heteroatoms. The Kier molecular flexibility index (Phi) is 6.13. The largest absolute Gasteiger partial charge is 0.497 e. The first kappa shape index (κ1) is 21.8. The molecular weight excluding hydrogens is 412 g/mol. The Hall–Kier alpha value is -3.40. The van der Waals surface area contributed by atoms with Gasteiger partial charge in [0.05, 0.1) is 19.5 Å². The van der Waals surface area contributed by atoms with Gasteiger partial charge in [0.15, 0.2) is 11.2 Å². The number of rotatable bonds is 7. The molecule has 0 aliphatic carbocycles. The fourth-order valence-corrected chi connectivity index (χ4v) is 4.28. The number of fused-ring (bicyclic) bond motifs is 1. The van der Waals surface area contributed by atoms with E-state index in [-0.39, 0.29) is 24.0 Å². The number of hydrogen-bond acceptors (Lipinski definition) is 6. The number of carbonyl (C=O) groups excluding carboxylic acids is 1. The highest BCUT2D eigenvalue weighted by molar-refractivity contribution is 5.76. The van der Waals surface area contributed by atoms with Gasteiger partial charge in [-0.05, 0) is 43.6 Å². The normalized spacial score (nSPS) is 15.2. The third-order valence-electron chi connectivity index (χ3n) is 6.08. The Morgan fingerprint density at radius 2 is 1.84 bits per heavy atom. The van der Waals surface area contributed by atoms with Crippen LogP contribution < -0.4 is 21.3 Å². The number of benzene rings is 1. The third-order valence-corrected chi connectivity index (χ3v) is 6.08. The van der Waals surface area contributed by atoms with Crippen molar-refractivity contribution in [2.45, 2.75) is 25.4 Å². The van der Waals surface area contributed by atoms with Crippen LogP contribution in [0.15, 0.2) is 40.2 Å². The summed E-state index contributed by atoms with van der Waals surface area (Å²) in [5, 5.41) is 2.92. The van der Waals surface area contributed by atoms with E-state index in [1.807, 2.05) is 24.3 Å². The highest BCUT2D eigenvalue weighted by atomic mass is 16.5. The summed E-state index contributed by atoms with van der Waals surface area (Å²) in [4.78, 5) is 44.7. The molecule has 32 heavy (non-hydrogen) atoms. The van der Waals surface area contributed by atoms with Crippen LogP contribution in [-0.4, -0.2) is 56.2 Å². The topological polar surface area (TPSA) is 103 Å². The Balaban J connectivity index is 1.53. The lowest BCUT2D eigenvalue weighted by atomic mass is 10.1. The van der Waals surface area contributed by atoms with Gasteiger partial charge in [0.2, 0.25) is 5.91 Å². The first-order valence-corrected chi connectivity index (χ1v) is 10.7. The number of carbonyl (C=O) groups is 1. The van der Waals surface area contributed by atoms with Gasteiger partial charge < -0.3 is 14.6 Å². The molecule has 0 saturated carbocycles. The van der Waals surface area contributed by atoms with Crippen molar-refractivity contribution in [1.82, 2.24) is 28.9 Å². The van der Waals surface area contributed by atoms with Gasteiger partial charge in [-0.25, -0.2) is 14.3 Å². The van der Waals surface area contributed by atoms with E-state index in [1.54, 1.807) is 25.8 Å². The predicted octanol–water partition coefficient (Wildman–Crippen LogP) is 0.396. The van der Waals surface area contributed by atoms with Crippen molar-refractivity contribution in [3.63, 3.8) is 0 Å². The van der Waals surface area contributed by atoms with Crippen molar-refractivity contribution in [1.29, 1.82) is 0 Å². The summed E-state index contributed by atoms with van der Waals surface area (Å²) in [5.74, 6) is 0.391. The number of nitrogens with one attached hydrogen (secondary N) is 1. The lowest BCUT2D eigenvalue weighted by Crippen LogP contribution is -2.45. The van der Waals surface area contributed by atoms with Crippen LogP contribution >= 0.6 is 0 Å². The third kappa shape index (κ3) is 4.05. The Morgan fingerprint density at radius 3 is 2.50 bits per heavy atom. The first-order valence-electron chi connectivity index (χ1n) is 10.7. The highest BCUT2D eigenvalue weighted by Crippen LogP contribution is 2.26. The molecule has 0 bridgehead atoms. The van der Waals surface area contributed by atoms with Gasteiger partial charge in [-0.2, -0.15) is 0 Å². The quantitative estimate of drug-likeness (QED) is 0.570. The van der Waals surface area contributed by atoms with E-state index in [2.05, 4.69) is 15.2 Å². The molecule has 1 aliphatic heterocycles. The number of amides is 1. The average Bonchev–Trinajstić information content (AvgIpc) is 3.46. The molecule has 3 heterocycles. The minimum atomic E-state index is -0.567. The minimum Gasteiger partial charge on any atom is -0.497 e. The summed E-state index contributed by atoms with van der Waals surface area (Å²) in [5.41, 5.74) is 0.574. The first-order chi connectivity index (χ1) is 15.4. The molecule has 0 unspecified atom stereocenters. The molecule has 4 rings (SSSR count). The van der Waals surface area contributed by atoms with Crippen molar-refractivity contribution in [3.8, 4) is 5.75 Å². The van der Waals surface area contributed by atoms with Gasteiger partial charge in [0.25, 0.3) is 5.56 Å². The second-order valence-corrected chi connectivity index (χ2v) is 8.10.